The highest BCUT2D eigenvalue weighted by molar-refractivity contribution is 7.89. The van der Waals surface area contributed by atoms with Crippen LogP contribution in [0.3, 0.4) is 0 Å². The van der Waals surface area contributed by atoms with Gasteiger partial charge in [0.25, 0.3) is 0 Å². The van der Waals surface area contributed by atoms with Crippen LogP contribution in [0.2, 0.25) is 0 Å². The molecule has 0 aliphatic carbocycles. The Morgan fingerprint density at radius 2 is 1.95 bits per heavy atom. The molecule has 0 aromatic carbocycles. The summed E-state index contributed by atoms with van der Waals surface area (Å²) in [5, 5.41) is 8.85. The van der Waals surface area contributed by atoms with Gasteiger partial charge in [0, 0.05) is 13.1 Å². The van der Waals surface area contributed by atoms with Crippen molar-refractivity contribution in [2.45, 2.75) is 25.3 Å². The zero-order valence-electron chi connectivity index (χ0n) is 11.8. The van der Waals surface area contributed by atoms with E-state index >= 15 is 0 Å². The van der Waals surface area contributed by atoms with Crippen LogP contribution in [0.15, 0.2) is 31.9 Å². The molecule has 7 nitrogen and oxygen atoms in total. The van der Waals surface area contributed by atoms with Gasteiger partial charge in [-0.15, -0.1) is 0 Å². The number of aromatic carboxylic acids is 1. The van der Waals surface area contributed by atoms with Crippen molar-refractivity contribution in [3.8, 4) is 0 Å². The van der Waals surface area contributed by atoms with Gasteiger partial charge in [-0.25, -0.2) is 13.2 Å². The van der Waals surface area contributed by atoms with E-state index < -0.39 is 21.8 Å². The summed E-state index contributed by atoms with van der Waals surface area (Å²) in [6.07, 6.45) is 0. The van der Waals surface area contributed by atoms with E-state index in [0.717, 1.165) is 10.4 Å². The van der Waals surface area contributed by atoms with Gasteiger partial charge < -0.3 is 13.9 Å². The Hall–Kier alpha value is -2.06. The number of rotatable bonds is 5. The SMILES string of the molecule is Cc1ccc(CN(C)S(=O)(=O)c2cc(C(=O)O)oc2C)o1. The smallest absolute Gasteiger partial charge is 0.371 e. The fraction of sp³-hybridized carbons (Fsp3) is 0.308. The van der Waals surface area contributed by atoms with Crippen molar-refractivity contribution in [1.29, 1.82) is 0 Å². The number of carboxylic acid groups (broad SMARTS) is 1. The Balaban J connectivity index is 2.30. The number of aryl methyl sites for hydroxylation is 2. The highest BCUT2D eigenvalue weighted by atomic mass is 32.2. The highest BCUT2D eigenvalue weighted by Crippen LogP contribution is 2.24. The van der Waals surface area contributed by atoms with Crippen LogP contribution in [-0.4, -0.2) is 30.8 Å². The second-order valence-corrected chi connectivity index (χ2v) is 6.62. The van der Waals surface area contributed by atoms with E-state index in [1.165, 1.54) is 14.0 Å². The number of furan rings is 2. The largest absolute Gasteiger partial charge is 0.475 e. The fourth-order valence-electron chi connectivity index (χ4n) is 1.87. The van der Waals surface area contributed by atoms with Gasteiger partial charge in [0.2, 0.25) is 15.8 Å². The Bertz CT molecular complexity index is 770. The third-order valence-electron chi connectivity index (χ3n) is 2.95. The zero-order valence-corrected chi connectivity index (χ0v) is 12.6. The van der Waals surface area contributed by atoms with Crippen molar-refractivity contribution in [2.24, 2.45) is 0 Å². The third-order valence-corrected chi connectivity index (χ3v) is 4.86. The lowest BCUT2D eigenvalue weighted by Gasteiger charge is -2.15. The van der Waals surface area contributed by atoms with Gasteiger partial charge in [0.1, 0.15) is 22.2 Å². The predicted molar refractivity (Wildman–Crippen MR) is 72.5 cm³/mol. The number of nitrogens with zero attached hydrogens (tertiary/aromatic N) is 1. The Kier molecular flexibility index (Phi) is 3.93. The van der Waals surface area contributed by atoms with Gasteiger partial charge in [-0.3, -0.25) is 0 Å². The summed E-state index contributed by atoms with van der Waals surface area (Å²) in [7, 11) is -2.47. The molecule has 0 bridgehead atoms. The minimum Gasteiger partial charge on any atom is -0.475 e. The molecule has 0 amide bonds. The summed E-state index contributed by atoms with van der Waals surface area (Å²) >= 11 is 0. The van der Waals surface area contributed by atoms with Crippen molar-refractivity contribution in [1.82, 2.24) is 4.31 Å². The summed E-state index contributed by atoms with van der Waals surface area (Å²) in [6, 6.07) is 4.44. The molecular formula is C13H15NO6S. The van der Waals surface area contributed by atoms with Gasteiger partial charge in [0.15, 0.2) is 0 Å². The molecule has 0 aliphatic heterocycles. The molecule has 0 fully saturated rings. The molecule has 0 saturated carbocycles. The van der Waals surface area contributed by atoms with Crippen molar-refractivity contribution in [3.63, 3.8) is 0 Å². The molecular weight excluding hydrogens is 298 g/mol. The number of hydrogen-bond acceptors (Lipinski definition) is 5. The van der Waals surface area contributed by atoms with Gasteiger partial charge in [-0.05, 0) is 26.0 Å². The monoisotopic (exact) mass is 313 g/mol. The first-order valence-corrected chi connectivity index (χ1v) is 7.51. The number of carbonyl (C=O) groups is 1. The number of hydrogen-bond donors (Lipinski definition) is 1. The first kappa shape index (κ1) is 15.3. The number of sulfonamides is 1. The lowest BCUT2D eigenvalue weighted by molar-refractivity contribution is 0.0661. The van der Waals surface area contributed by atoms with Crippen LogP contribution in [0.25, 0.3) is 0 Å². The van der Waals surface area contributed by atoms with E-state index in [-0.39, 0.29) is 17.2 Å². The maximum atomic E-state index is 12.4. The average Bonchev–Trinajstić information content (AvgIpc) is 2.96. The lowest BCUT2D eigenvalue weighted by atomic mass is 10.4. The van der Waals surface area contributed by atoms with Crippen molar-refractivity contribution in [3.05, 3.63) is 41.2 Å². The highest BCUT2D eigenvalue weighted by Gasteiger charge is 2.28. The summed E-state index contributed by atoms with van der Waals surface area (Å²) in [4.78, 5) is 10.7. The molecule has 8 heteroatoms. The van der Waals surface area contributed by atoms with Gasteiger partial charge in [-0.2, -0.15) is 4.31 Å². The molecule has 0 saturated heterocycles. The van der Waals surface area contributed by atoms with Crippen LogP contribution in [0.1, 0.15) is 27.8 Å². The second kappa shape index (κ2) is 5.38. The Labute approximate surface area is 121 Å². The fourth-order valence-corrected chi connectivity index (χ4v) is 3.16. The molecule has 0 unspecified atom stereocenters. The molecule has 0 atom stereocenters. The first-order valence-electron chi connectivity index (χ1n) is 6.07. The van der Waals surface area contributed by atoms with Crippen LogP contribution in [0, 0.1) is 13.8 Å². The summed E-state index contributed by atoms with van der Waals surface area (Å²) < 4.78 is 36.2. The zero-order chi connectivity index (χ0) is 15.8. The molecule has 2 heterocycles. The standard InChI is InChI=1S/C13H15NO6S/c1-8-4-5-10(19-8)7-14(3)21(17,18)12-6-11(13(15)16)20-9(12)2/h4-6H,7H2,1-3H3,(H,15,16). The Morgan fingerprint density at radius 1 is 1.29 bits per heavy atom. The quantitative estimate of drug-likeness (QED) is 0.906. The molecule has 2 rings (SSSR count). The first-order chi connectivity index (χ1) is 9.71. The van der Waals surface area contributed by atoms with E-state index in [1.807, 2.05) is 0 Å². The van der Waals surface area contributed by atoms with Gasteiger partial charge >= 0.3 is 5.97 Å². The van der Waals surface area contributed by atoms with Crippen LogP contribution >= 0.6 is 0 Å². The van der Waals surface area contributed by atoms with Crippen molar-refractivity contribution >= 4 is 16.0 Å². The molecule has 1 N–H and O–H groups in total. The molecule has 2 aromatic heterocycles. The summed E-state index contributed by atoms with van der Waals surface area (Å²) in [5.41, 5.74) is 0. The normalized spacial score (nSPS) is 12.0. The van der Waals surface area contributed by atoms with E-state index in [0.29, 0.717) is 11.5 Å². The van der Waals surface area contributed by atoms with Gasteiger partial charge in [0.05, 0.1) is 6.54 Å². The predicted octanol–water partition coefficient (Wildman–Crippen LogP) is 2.01. The summed E-state index contributed by atoms with van der Waals surface area (Å²) in [6.45, 7) is 3.21. The number of carboxylic acids is 1. The van der Waals surface area contributed by atoms with Crippen molar-refractivity contribution < 1.29 is 27.2 Å². The van der Waals surface area contributed by atoms with Crippen LogP contribution < -0.4 is 0 Å². The van der Waals surface area contributed by atoms with E-state index in [2.05, 4.69) is 0 Å². The molecule has 2 aromatic rings. The third kappa shape index (κ3) is 3.01. The lowest BCUT2D eigenvalue weighted by Crippen LogP contribution is -2.26. The van der Waals surface area contributed by atoms with E-state index in [1.54, 1.807) is 19.1 Å². The summed E-state index contributed by atoms with van der Waals surface area (Å²) in [5.74, 6) is -0.506. The Morgan fingerprint density at radius 3 is 2.43 bits per heavy atom. The second-order valence-electron chi connectivity index (χ2n) is 4.61. The molecule has 0 radical (unpaired) electrons. The average molecular weight is 313 g/mol. The van der Waals surface area contributed by atoms with Crippen LogP contribution in [-0.2, 0) is 16.6 Å². The topological polar surface area (TPSA) is 101 Å². The molecule has 0 aliphatic rings. The molecule has 114 valence electrons. The van der Waals surface area contributed by atoms with Crippen molar-refractivity contribution in [2.75, 3.05) is 7.05 Å². The van der Waals surface area contributed by atoms with E-state index in [9.17, 15) is 13.2 Å². The maximum Gasteiger partial charge on any atom is 0.371 e. The van der Waals surface area contributed by atoms with E-state index in [4.69, 9.17) is 13.9 Å². The molecule has 0 spiro atoms. The minimum absolute atomic E-state index is 0.0369. The maximum absolute atomic E-state index is 12.4. The minimum atomic E-state index is -3.86. The van der Waals surface area contributed by atoms with Crippen LogP contribution in [0.5, 0.6) is 0 Å². The van der Waals surface area contributed by atoms with Crippen LogP contribution in [0.4, 0.5) is 0 Å². The van der Waals surface area contributed by atoms with Gasteiger partial charge in [-0.1, -0.05) is 0 Å². The molecule has 21 heavy (non-hydrogen) atoms.